The molecule has 0 amide bonds. The van der Waals surface area contributed by atoms with Gasteiger partial charge < -0.3 is 9.15 Å². The first kappa shape index (κ1) is 11.5. The van der Waals surface area contributed by atoms with Crippen LogP contribution in [-0.4, -0.2) is 6.29 Å². The van der Waals surface area contributed by atoms with E-state index in [0.717, 1.165) is 23.2 Å². The highest BCUT2D eigenvalue weighted by Crippen LogP contribution is 2.23. The van der Waals surface area contributed by atoms with Crippen molar-refractivity contribution in [1.82, 2.24) is 0 Å². The van der Waals surface area contributed by atoms with Gasteiger partial charge in [0.2, 0.25) is 0 Å². The molecule has 0 radical (unpaired) electrons. The molecule has 2 aromatic rings. The van der Waals surface area contributed by atoms with Crippen molar-refractivity contribution in [2.75, 3.05) is 0 Å². The van der Waals surface area contributed by atoms with E-state index in [1.807, 2.05) is 32.0 Å². The number of ether oxygens (including phenoxy) is 1. The van der Waals surface area contributed by atoms with Crippen molar-refractivity contribution in [1.29, 1.82) is 0 Å². The molecule has 1 aromatic heterocycles. The zero-order valence-corrected chi connectivity index (χ0v) is 9.90. The van der Waals surface area contributed by atoms with E-state index in [1.54, 1.807) is 12.3 Å². The number of aldehydes is 1. The molecule has 0 atom stereocenters. The first-order valence-corrected chi connectivity index (χ1v) is 5.42. The van der Waals surface area contributed by atoms with E-state index < -0.39 is 0 Å². The van der Waals surface area contributed by atoms with E-state index in [1.165, 1.54) is 0 Å². The highest BCUT2D eigenvalue weighted by molar-refractivity contribution is 5.81. The largest absolute Gasteiger partial charge is 0.485 e. The lowest BCUT2D eigenvalue weighted by atomic mass is 10.1. The van der Waals surface area contributed by atoms with Gasteiger partial charge in [0.15, 0.2) is 6.29 Å². The Hall–Kier alpha value is -2.03. The Bertz CT molecular complexity index is 513. The second-order valence-electron chi connectivity index (χ2n) is 3.98. The van der Waals surface area contributed by atoms with E-state index in [-0.39, 0.29) is 0 Å². The lowest BCUT2D eigenvalue weighted by molar-refractivity contribution is 0.111. The summed E-state index contributed by atoms with van der Waals surface area (Å²) < 4.78 is 10.8. The lowest BCUT2D eigenvalue weighted by Crippen LogP contribution is -1.99. The van der Waals surface area contributed by atoms with E-state index in [0.29, 0.717) is 17.9 Å². The van der Waals surface area contributed by atoms with Gasteiger partial charge in [-0.15, -0.1) is 0 Å². The van der Waals surface area contributed by atoms with Crippen LogP contribution in [0.2, 0.25) is 0 Å². The van der Waals surface area contributed by atoms with Crippen LogP contribution in [0.25, 0.3) is 0 Å². The fourth-order valence-corrected chi connectivity index (χ4v) is 1.75. The summed E-state index contributed by atoms with van der Waals surface area (Å²) in [5.74, 6) is 1.34. The van der Waals surface area contributed by atoms with Crippen molar-refractivity contribution in [3.05, 3.63) is 53.0 Å². The third kappa shape index (κ3) is 2.56. The number of hydrogen-bond acceptors (Lipinski definition) is 3. The van der Waals surface area contributed by atoms with Gasteiger partial charge in [-0.1, -0.05) is 6.07 Å². The Morgan fingerprint density at radius 1 is 1.35 bits per heavy atom. The molecule has 0 bridgehead atoms. The summed E-state index contributed by atoms with van der Waals surface area (Å²) in [7, 11) is 0. The Balaban J connectivity index is 2.22. The molecule has 0 unspecified atom stereocenters. The first-order chi connectivity index (χ1) is 8.20. The molecule has 3 nitrogen and oxygen atoms in total. The average Bonchev–Trinajstić information content (AvgIpc) is 2.78. The molecule has 1 aromatic carbocycles. The van der Waals surface area contributed by atoms with Crippen LogP contribution in [0.1, 0.15) is 27.2 Å². The zero-order chi connectivity index (χ0) is 12.3. The van der Waals surface area contributed by atoms with Gasteiger partial charge in [0.05, 0.1) is 11.8 Å². The number of furan rings is 1. The van der Waals surface area contributed by atoms with Crippen molar-refractivity contribution in [2.24, 2.45) is 0 Å². The van der Waals surface area contributed by atoms with Crippen LogP contribution in [0.5, 0.6) is 5.75 Å². The standard InChI is InChI=1S/C14H14O3/c1-10-6-11(2)13(8-15)14(7-10)17-9-12-4-3-5-16-12/h3-8H,9H2,1-2H3. The molecule has 0 aliphatic heterocycles. The molecule has 0 aliphatic rings. The van der Waals surface area contributed by atoms with Gasteiger partial charge in [-0.25, -0.2) is 0 Å². The molecule has 0 spiro atoms. The van der Waals surface area contributed by atoms with Crippen LogP contribution in [0.15, 0.2) is 34.9 Å². The first-order valence-electron chi connectivity index (χ1n) is 5.42. The molecular weight excluding hydrogens is 216 g/mol. The Morgan fingerprint density at radius 2 is 2.18 bits per heavy atom. The third-order valence-electron chi connectivity index (χ3n) is 2.56. The van der Waals surface area contributed by atoms with Gasteiger partial charge in [-0.05, 0) is 43.2 Å². The number of aryl methyl sites for hydroxylation is 2. The number of carbonyl (C=O) groups excluding carboxylic acids is 1. The Kier molecular flexibility index (Phi) is 3.28. The maximum absolute atomic E-state index is 11.0. The SMILES string of the molecule is Cc1cc(C)c(C=O)c(OCc2ccco2)c1. The summed E-state index contributed by atoms with van der Waals surface area (Å²) in [5.41, 5.74) is 2.60. The highest BCUT2D eigenvalue weighted by Gasteiger charge is 2.08. The molecule has 2 rings (SSSR count). The predicted octanol–water partition coefficient (Wildman–Crippen LogP) is 3.29. The molecule has 0 N–H and O–H groups in total. The molecule has 0 fully saturated rings. The van der Waals surface area contributed by atoms with Crippen molar-refractivity contribution in [3.8, 4) is 5.75 Å². The van der Waals surface area contributed by atoms with Gasteiger partial charge in [0.1, 0.15) is 18.1 Å². The Labute approximate surface area is 100 Å². The molecule has 0 saturated heterocycles. The summed E-state index contributed by atoms with van der Waals surface area (Å²) in [4.78, 5) is 11.0. The summed E-state index contributed by atoms with van der Waals surface area (Å²) in [6, 6.07) is 7.47. The summed E-state index contributed by atoms with van der Waals surface area (Å²) in [6.45, 7) is 4.20. The van der Waals surface area contributed by atoms with Crippen molar-refractivity contribution >= 4 is 6.29 Å². The normalized spacial score (nSPS) is 10.2. The molecule has 0 aliphatic carbocycles. The minimum absolute atomic E-state index is 0.330. The molecule has 88 valence electrons. The maximum atomic E-state index is 11.0. The molecular formula is C14H14O3. The number of hydrogen-bond donors (Lipinski definition) is 0. The average molecular weight is 230 g/mol. The second kappa shape index (κ2) is 4.87. The quantitative estimate of drug-likeness (QED) is 0.756. The van der Waals surface area contributed by atoms with Crippen molar-refractivity contribution < 1.29 is 13.9 Å². The van der Waals surface area contributed by atoms with Gasteiger partial charge in [-0.2, -0.15) is 0 Å². The summed E-state index contributed by atoms with van der Waals surface area (Å²) in [6.07, 6.45) is 2.42. The van der Waals surface area contributed by atoms with Gasteiger partial charge >= 0.3 is 0 Å². The number of carbonyl (C=O) groups is 1. The second-order valence-corrected chi connectivity index (χ2v) is 3.98. The van der Waals surface area contributed by atoms with Gasteiger partial charge in [0, 0.05) is 0 Å². The van der Waals surface area contributed by atoms with Crippen LogP contribution in [0, 0.1) is 13.8 Å². The monoisotopic (exact) mass is 230 g/mol. The van der Waals surface area contributed by atoms with Crippen LogP contribution in [0.3, 0.4) is 0 Å². The van der Waals surface area contributed by atoms with E-state index >= 15 is 0 Å². The lowest BCUT2D eigenvalue weighted by Gasteiger charge is -2.10. The minimum Gasteiger partial charge on any atom is -0.485 e. The van der Waals surface area contributed by atoms with E-state index in [4.69, 9.17) is 9.15 Å². The summed E-state index contributed by atoms with van der Waals surface area (Å²) >= 11 is 0. The zero-order valence-electron chi connectivity index (χ0n) is 9.90. The van der Waals surface area contributed by atoms with E-state index in [2.05, 4.69) is 0 Å². The molecule has 1 heterocycles. The number of rotatable bonds is 4. The minimum atomic E-state index is 0.330. The van der Waals surface area contributed by atoms with Crippen LogP contribution in [0.4, 0.5) is 0 Å². The van der Waals surface area contributed by atoms with Crippen molar-refractivity contribution in [3.63, 3.8) is 0 Å². The van der Waals surface area contributed by atoms with Gasteiger partial charge in [-0.3, -0.25) is 4.79 Å². The van der Waals surface area contributed by atoms with E-state index in [9.17, 15) is 4.79 Å². The number of benzene rings is 1. The highest BCUT2D eigenvalue weighted by atomic mass is 16.5. The molecule has 3 heteroatoms. The fourth-order valence-electron chi connectivity index (χ4n) is 1.75. The van der Waals surface area contributed by atoms with Crippen molar-refractivity contribution in [2.45, 2.75) is 20.5 Å². The van der Waals surface area contributed by atoms with Crippen LogP contribution >= 0.6 is 0 Å². The molecule has 17 heavy (non-hydrogen) atoms. The fraction of sp³-hybridized carbons (Fsp3) is 0.214. The van der Waals surface area contributed by atoms with Crippen LogP contribution in [-0.2, 0) is 6.61 Å². The maximum Gasteiger partial charge on any atom is 0.154 e. The van der Waals surface area contributed by atoms with Crippen LogP contribution < -0.4 is 4.74 Å². The third-order valence-corrected chi connectivity index (χ3v) is 2.56. The topological polar surface area (TPSA) is 39.4 Å². The summed E-state index contributed by atoms with van der Waals surface area (Å²) in [5, 5.41) is 0. The Morgan fingerprint density at radius 3 is 2.82 bits per heavy atom. The smallest absolute Gasteiger partial charge is 0.154 e. The predicted molar refractivity (Wildman–Crippen MR) is 64.3 cm³/mol. The van der Waals surface area contributed by atoms with Gasteiger partial charge in [0.25, 0.3) is 0 Å². The molecule has 0 saturated carbocycles.